The van der Waals surface area contributed by atoms with E-state index < -0.39 is 0 Å². The zero-order valence-electron chi connectivity index (χ0n) is 12.4. The van der Waals surface area contributed by atoms with Crippen molar-refractivity contribution < 1.29 is 4.39 Å². The Bertz CT molecular complexity index is 605. The van der Waals surface area contributed by atoms with E-state index in [9.17, 15) is 4.39 Å². The molecule has 1 N–H and O–H groups in total. The lowest BCUT2D eigenvalue weighted by Gasteiger charge is -2.21. The molecule has 0 saturated carbocycles. The Balaban J connectivity index is 2.06. The Morgan fingerprint density at radius 2 is 1.67 bits per heavy atom. The maximum absolute atomic E-state index is 12.9. The van der Waals surface area contributed by atoms with Gasteiger partial charge in [0, 0.05) is 26.9 Å². The summed E-state index contributed by atoms with van der Waals surface area (Å²) in [5.41, 5.74) is 1.14. The van der Waals surface area contributed by atoms with Crippen molar-refractivity contribution in [2.24, 2.45) is 0 Å². The number of hydrogen-bond donors (Lipinski definition) is 1. The first-order chi connectivity index (χ1) is 9.83. The molecule has 0 saturated heterocycles. The Morgan fingerprint density at radius 3 is 2.24 bits per heavy atom. The fourth-order valence-corrected chi connectivity index (χ4v) is 2.90. The predicted octanol–water partition coefficient (Wildman–Crippen LogP) is 5.52. The summed E-state index contributed by atoms with van der Waals surface area (Å²) in [7, 11) is 0. The van der Waals surface area contributed by atoms with Crippen LogP contribution in [-0.4, -0.2) is 5.54 Å². The van der Waals surface area contributed by atoms with E-state index in [0.29, 0.717) is 0 Å². The van der Waals surface area contributed by atoms with Gasteiger partial charge in [0.1, 0.15) is 5.82 Å². The first kappa shape index (κ1) is 16.3. The molecule has 2 aromatic carbocycles. The van der Waals surface area contributed by atoms with Crippen LogP contribution in [0.25, 0.3) is 0 Å². The molecule has 0 aliphatic carbocycles. The van der Waals surface area contributed by atoms with E-state index in [0.717, 1.165) is 26.9 Å². The molecule has 4 heteroatoms. The van der Waals surface area contributed by atoms with Crippen LogP contribution in [0.3, 0.4) is 0 Å². The van der Waals surface area contributed by atoms with Crippen LogP contribution in [0.5, 0.6) is 0 Å². The van der Waals surface area contributed by atoms with E-state index in [1.165, 1.54) is 12.1 Å². The molecule has 0 radical (unpaired) electrons. The fourth-order valence-electron chi connectivity index (χ4n) is 1.73. The monoisotopic (exact) mass is 323 g/mol. The lowest BCUT2D eigenvalue weighted by atomic mass is 10.1. The second kappa shape index (κ2) is 6.82. The van der Waals surface area contributed by atoms with E-state index in [2.05, 4.69) is 26.1 Å². The minimum atomic E-state index is -0.221. The molecule has 0 spiro atoms. The molecule has 0 aliphatic heterocycles. The minimum absolute atomic E-state index is 0.0604. The van der Waals surface area contributed by atoms with Crippen molar-refractivity contribution in [1.82, 2.24) is 5.32 Å². The average molecular weight is 324 g/mol. The van der Waals surface area contributed by atoms with Crippen LogP contribution in [0.15, 0.2) is 52.3 Å². The van der Waals surface area contributed by atoms with Crippen molar-refractivity contribution in [2.75, 3.05) is 0 Å². The zero-order chi connectivity index (χ0) is 15.5. The maximum atomic E-state index is 12.9. The van der Waals surface area contributed by atoms with Crippen LogP contribution in [-0.2, 0) is 6.54 Å². The lowest BCUT2D eigenvalue weighted by Crippen LogP contribution is -2.35. The summed E-state index contributed by atoms with van der Waals surface area (Å²) in [6, 6.07) is 12.5. The molecular formula is C17H19ClFNS. The molecule has 0 aromatic heterocycles. The highest BCUT2D eigenvalue weighted by Crippen LogP contribution is 2.31. The van der Waals surface area contributed by atoms with Crippen molar-refractivity contribution >= 4 is 23.4 Å². The van der Waals surface area contributed by atoms with Crippen LogP contribution < -0.4 is 5.32 Å². The molecule has 0 atom stereocenters. The van der Waals surface area contributed by atoms with Crippen molar-refractivity contribution in [3.8, 4) is 0 Å². The smallest absolute Gasteiger partial charge is 0.123 e. The van der Waals surface area contributed by atoms with Gasteiger partial charge in [-0.3, -0.25) is 0 Å². The number of halogens is 2. The first-order valence-electron chi connectivity index (χ1n) is 6.80. The molecule has 0 amide bonds. The first-order valence-corrected chi connectivity index (χ1v) is 8.00. The maximum Gasteiger partial charge on any atom is 0.123 e. The van der Waals surface area contributed by atoms with E-state index in [1.807, 2.05) is 18.2 Å². The third-order valence-corrected chi connectivity index (χ3v) is 4.23. The molecule has 0 bridgehead atoms. The Hall–Kier alpha value is -1.03. The van der Waals surface area contributed by atoms with Gasteiger partial charge in [-0.1, -0.05) is 29.4 Å². The van der Waals surface area contributed by atoms with Gasteiger partial charge in [-0.15, -0.1) is 0 Å². The highest BCUT2D eigenvalue weighted by molar-refractivity contribution is 7.99. The lowest BCUT2D eigenvalue weighted by molar-refractivity contribution is 0.424. The van der Waals surface area contributed by atoms with E-state index in [4.69, 9.17) is 11.6 Å². The number of benzene rings is 2. The Morgan fingerprint density at radius 1 is 1.05 bits per heavy atom. The summed E-state index contributed by atoms with van der Waals surface area (Å²) in [6.07, 6.45) is 0. The van der Waals surface area contributed by atoms with E-state index in [1.54, 1.807) is 23.9 Å². The summed E-state index contributed by atoms with van der Waals surface area (Å²) in [5, 5.41) is 4.17. The summed E-state index contributed by atoms with van der Waals surface area (Å²) in [6.45, 7) is 7.11. The van der Waals surface area contributed by atoms with E-state index >= 15 is 0 Å². The molecular weight excluding hydrogens is 305 g/mol. The van der Waals surface area contributed by atoms with Gasteiger partial charge >= 0.3 is 0 Å². The standard InChI is InChI=1S/C17H19ClFNS/c1-17(2,3)20-11-12-4-7-15(10-16(12)18)21-14-8-5-13(19)6-9-14/h4-10,20H,11H2,1-3H3. The molecule has 21 heavy (non-hydrogen) atoms. The van der Waals surface area contributed by atoms with Crippen LogP contribution >= 0.6 is 23.4 Å². The Kier molecular flexibility index (Phi) is 5.31. The van der Waals surface area contributed by atoms with Gasteiger partial charge in [-0.05, 0) is 62.7 Å². The van der Waals surface area contributed by atoms with Gasteiger partial charge in [0.05, 0.1) is 0 Å². The van der Waals surface area contributed by atoms with Gasteiger partial charge in [-0.2, -0.15) is 0 Å². The topological polar surface area (TPSA) is 12.0 Å². The SMILES string of the molecule is CC(C)(C)NCc1ccc(Sc2ccc(F)cc2)cc1Cl. The van der Waals surface area contributed by atoms with Gasteiger partial charge in [0.2, 0.25) is 0 Å². The number of rotatable bonds is 4. The van der Waals surface area contributed by atoms with Gasteiger partial charge in [0.15, 0.2) is 0 Å². The van der Waals surface area contributed by atoms with Crippen LogP contribution in [0.1, 0.15) is 26.3 Å². The minimum Gasteiger partial charge on any atom is -0.308 e. The van der Waals surface area contributed by atoms with Gasteiger partial charge < -0.3 is 5.32 Å². The van der Waals surface area contributed by atoms with Crippen LogP contribution in [0.4, 0.5) is 4.39 Å². The van der Waals surface area contributed by atoms with Crippen molar-refractivity contribution in [1.29, 1.82) is 0 Å². The third-order valence-electron chi connectivity index (χ3n) is 2.88. The number of nitrogens with one attached hydrogen (secondary N) is 1. The molecule has 0 unspecified atom stereocenters. The van der Waals surface area contributed by atoms with Crippen LogP contribution in [0, 0.1) is 5.82 Å². The molecule has 0 fully saturated rings. The zero-order valence-corrected chi connectivity index (χ0v) is 14.0. The van der Waals surface area contributed by atoms with Crippen molar-refractivity contribution in [3.05, 3.63) is 58.9 Å². The molecule has 2 aromatic rings. The fraction of sp³-hybridized carbons (Fsp3) is 0.294. The summed E-state index contributed by atoms with van der Waals surface area (Å²) >= 11 is 7.91. The highest BCUT2D eigenvalue weighted by atomic mass is 35.5. The summed E-state index contributed by atoms with van der Waals surface area (Å²) < 4.78 is 12.9. The molecule has 112 valence electrons. The highest BCUT2D eigenvalue weighted by Gasteiger charge is 2.10. The van der Waals surface area contributed by atoms with E-state index in [-0.39, 0.29) is 11.4 Å². The molecule has 0 aliphatic rings. The van der Waals surface area contributed by atoms with Gasteiger partial charge in [0.25, 0.3) is 0 Å². The largest absolute Gasteiger partial charge is 0.308 e. The third kappa shape index (κ3) is 5.34. The average Bonchev–Trinajstić information content (AvgIpc) is 2.39. The summed E-state index contributed by atoms with van der Waals surface area (Å²) in [5.74, 6) is -0.221. The summed E-state index contributed by atoms with van der Waals surface area (Å²) in [4.78, 5) is 2.04. The normalized spacial score (nSPS) is 11.7. The predicted molar refractivity (Wildman–Crippen MR) is 88.6 cm³/mol. The number of hydrogen-bond acceptors (Lipinski definition) is 2. The second-order valence-corrected chi connectivity index (χ2v) is 7.47. The quantitative estimate of drug-likeness (QED) is 0.795. The molecule has 1 nitrogen and oxygen atoms in total. The van der Waals surface area contributed by atoms with Gasteiger partial charge in [-0.25, -0.2) is 4.39 Å². The van der Waals surface area contributed by atoms with Crippen molar-refractivity contribution in [3.63, 3.8) is 0 Å². The Labute approximate surface area is 134 Å². The van der Waals surface area contributed by atoms with Crippen molar-refractivity contribution in [2.45, 2.75) is 42.6 Å². The second-order valence-electron chi connectivity index (χ2n) is 5.91. The molecule has 2 rings (SSSR count). The molecule has 0 heterocycles. The van der Waals surface area contributed by atoms with Crippen LogP contribution in [0.2, 0.25) is 5.02 Å².